The van der Waals surface area contributed by atoms with Gasteiger partial charge in [-0.15, -0.1) is 11.3 Å². The van der Waals surface area contributed by atoms with Crippen molar-refractivity contribution < 1.29 is 26.7 Å². The summed E-state index contributed by atoms with van der Waals surface area (Å²) >= 11 is 0.254. The van der Waals surface area contributed by atoms with Gasteiger partial charge in [0, 0.05) is 39.3 Å². The first-order valence-electron chi connectivity index (χ1n) is 6.75. The molecular weight excluding hydrogens is 341 g/mol. The van der Waals surface area contributed by atoms with E-state index in [1.54, 1.807) is 0 Å². The van der Waals surface area contributed by atoms with Gasteiger partial charge in [0.05, 0.1) is 0 Å². The van der Waals surface area contributed by atoms with Crippen LogP contribution in [0, 0.1) is 0 Å². The summed E-state index contributed by atoms with van der Waals surface area (Å²) in [5, 5.41) is 8.77. The summed E-state index contributed by atoms with van der Waals surface area (Å²) in [4.78, 5) is 1.12. The summed E-state index contributed by atoms with van der Waals surface area (Å²) in [5.74, 6) is 0. The van der Waals surface area contributed by atoms with E-state index in [2.05, 4.69) is 0 Å². The lowest BCUT2D eigenvalue weighted by molar-refractivity contribution is -0.134. The smallest absolute Gasteiger partial charge is 0.396 e. The van der Waals surface area contributed by atoms with Crippen LogP contribution < -0.4 is 0 Å². The number of aliphatic hydroxyl groups excluding tert-OH is 1. The fourth-order valence-electron chi connectivity index (χ4n) is 2.23. The number of piperazine rings is 1. The first-order valence-corrected chi connectivity index (χ1v) is 9.01. The second-order valence-electron chi connectivity index (χ2n) is 4.94. The number of halogens is 3. The molecule has 0 bridgehead atoms. The Morgan fingerprint density at radius 3 is 2.32 bits per heavy atom. The summed E-state index contributed by atoms with van der Waals surface area (Å²) in [6, 6.07) is 1.82. The summed E-state index contributed by atoms with van der Waals surface area (Å²) in [6.07, 6.45) is -3.91. The zero-order valence-corrected chi connectivity index (χ0v) is 13.3. The maximum absolute atomic E-state index is 12.6. The molecule has 10 heteroatoms. The third-order valence-corrected chi connectivity index (χ3v) is 6.91. The molecule has 2 rings (SSSR count). The molecule has 1 aliphatic heterocycles. The Kier molecular flexibility index (Phi) is 5.49. The number of rotatable bonds is 5. The van der Waals surface area contributed by atoms with Gasteiger partial charge >= 0.3 is 6.18 Å². The minimum atomic E-state index is -4.53. The van der Waals surface area contributed by atoms with Gasteiger partial charge in [0.1, 0.15) is 9.09 Å². The summed E-state index contributed by atoms with van der Waals surface area (Å²) in [5.41, 5.74) is 0. The highest BCUT2D eigenvalue weighted by molar-refractivity contribution is 7.91. The molecule has 1 saturated heterocycles. The van der Waals surface area contributed by atoms with Gasteiger partial charge in [-0.2, -0.15) is 17.5 Å². The minimum absolute atomic E-state index is 0.0773. The average Bonchev–Trinajstić information content (AvgIpc) is 2.96. The number of hydrogen-bond acceptors (Lipinski definition) is 5. The SMILES string of the molecule is O=S(=O)(c1ccc(C(F)(F)F)s1)N1CCN(CCCO)CC1. The molecule has 0 aromatic carbocycles. The van der Waals surface area contributed by atoms with Crippen molar-refractivity contribution in [2.75, 3.05) is 39.3 Å². The van der Waals surface area contributed by atoms with E-state index in [1.165, 1.54) is 4.31 Å². The fourth-order valence-corrected chi connectivity index (χ4v) is 4.98. The normalized spacial score (nSPS) is 18.7. The van der Waals surface area contributed by atoms with Crippen molar-refractivity contribution >= 4 is 21.4 Å². The van der Waals surface area contributed by atoms with Crippen molar-refractivity contribution in [2.24, 2.45) is 0 Å². The van der Waals surface area contributed by atoms with Crippen LogP contribution in [0.15, 0.2) is 16.3 Å². The molecule has 0 amide bonds. The summed E-state index contributed by atoms with van der Waals surface area (Å²) in [6.45, 7) is 2.27. The van der Waals surface area contributed by atoms with Gasteiger partial charge in [-0.3, -0.25) is 0 Å². The Labute approximate surface area is 131 Å². The van der Waals surface area contributed by atoms with Gasteiger partial charge in [-0.05, 0) is 18.6 Å². The van der Waals surface area contributed by atoms with E-state index in [-0.39, 0.29) is 35.2 Å². The van der Waals surface area contributed by atoms with Gasteiger partial charge in [-0.1, -0.05) is 0 Å². The molecule has 2 heterocycles. The van der Waals surface area contributed by atoms with Crippen LogP contribution in [0.2, 0.25) is 0 Å². The molecule has 1 N–H and O–H groups in total. The Morgan fingerprint density at radius 1 is 1.18 bits per heavy atom. The lowest BCUT2D eigenvalue weighted by atomic mass is 10.3. The minimum Gasteiger partial charge on any atom is -0.396 e. The Hall–Kier alpha value is -0.680. The molecule has 0 aliphatic carbocycles. The quantitative estimate of drug-likeness (QED) is 0.866. The second-order valence-corrected chi connectivity index (χ2v) is 8.19. The molecule has 1 fully saturated rings. The van der Waals surface area contributed by atoms with Crippen molar-refractivity contribution in [1.29, 1.82) is 0 Å². The van der Waals surface area contributed by atoms with Crippen molar-refractivity contribution in [1.82, 2.24) is 9.21 Å². The number of alkyl halides is 3. The lowest BCUT2D eigenvalue weighted by Crippen LogP contribution is -2.48. The molecule has 22 heavy (non-hydrogen) atoms. The van der Waals surface area contributed by atoms with Crippen molar-refractivity contribution in [3.63, 3.8) is 0 Å². The highest BCUT2D eigenvalue weighted by atomic mass is 32.2. The van der Waals surface area contributed by atoms with Crippen LogP contribution >= 0.6 is 11.3 Å². The first-order chi connectivity index (χ1) is 10.2. The molecule has 126 valence electrons. The Morgan fingerprint density at radius 2 is 1.82 bits per heavy atom. The van der Waals surface area contributed by atoms with E-state index in [0.717, 1.165) is 12.1 Å². The van der Waals surface area contributed by atoms with Crippen molar-refractivity contribution in [2.45, 2.75) is 16.8 Å². The third kappa shape index (κ3) is 3.99. The topological polar surface area (TPSA) is 60.9 Å². The molecule has 0 saturated carbocycles. The molecule has 0 unspecified atom stereocenters. The van der Waals surface area contributed by atoms with Crippen LogP contribution in [0.3, 0.4) is 0 Å². The van der Waals surface area contributed by atoms with Gasteiger partial charge < -0.3 is 10.0 Å². The summed E-state index contributed by atoms with van der Waals surface area (Å²) in [7, 11) is -3.87. The molecule has 0 radical (unpaired) electrons. The standard InChI is InChI=1S/C12H17F3N2O3S2/c13-12(14,15)10-2-3-11(21-10)22(19,20)17-7-5-16(6-8-17)4-1-9-18/h2-3,18H,1,4-9H2. The summed E-state index contributed by atoms with van der Waals surface area (Å²) < 4.78 is 63.4. The van der Waals surface area contributed by atoms with E-state index < -0.39 is 21.1 Å². The van der Waals surface area contributed by atoms with Gasteiger partial charge in [0.15, 0.2) is 0 Å². The fraction of sp³-hybridized carbons (Fsp3) is 0.667. The molecule has 0 atom stereocenters. The van der Waals surface area contributed by atoms with Gasteiger partial charge in [-0.25, -0.2) is 8.42 Å². The number of hydrogen-bond donors (Lipinski definition) is 1. The number of sulfonamides is 1. The predicted molar refractivity (Wildman–Crippen MR) is 76.2 cm³/mol. The lowest BCUT2D eigenvalue weighted by Gasteiger charge is -2.33. The Balaban J connectivity index is 2.04. The maximum Gasteiger partial charge on any atom is 0.425 e. The van der Waals surface area contributed by atoms with Crippen LogP contribution in [0.4, 0.5) is 13.2 Å². The van der Waals surface area contributed by atoms with Gasteiger partial charge in [0.25, 0.3) is 10.0 Å². The van der Waals surface area contributed by atoms with Crippen LogP contribution in [0.5, 0.6) is 0 Å². The van der Waals surface area contributed by atoms with E-state index in [9.17, 15) is 21.6 Å². The van der Waals surface area contributed by atoms with Crippen molar-refractivity contribution in [3.05, 3.63) is 17.0 Å². The first kappa shape index (κ1) is 17.7. The predicted octanol–water partition coefficient (Wildman–Crippen LogP) is 1.46. The third-order valence-electron chi connectivity index (χ3n) is 3.42. The second kappa shape index (κ2) is 6.83. The molecule has 1 aliphatic rings. The Bertz CT molecular complexity index is 593. The largest absolute Gasteiger partial charge is 0.425 e. The monoisotopic (exact) mass is 358 g/mol. The van der Waals surface area contributed by atoms with E-state index >= 15 is 0 Å². The molecule has 0 spiro atoms. The molecule has 1 aromatic heterocycles. The highest BCUT2D eigenvalue weighted by Gasteiger charge is 2.36. The van der Waals surface area contributed by atoms with Crippen LogP contribution in [-0.4, -0.2) is 62.1 Å². The van der Waals surface area contributed by atoms with Gasteiger partial charge in [0.2, 0.25) is 0 Å². The van der Waals surface area contributed by atoms with E-state index in [4.69, 9.17) is 5.11 Å². The molecular formula is C12H17F3N2O3S2. The molecule has 5 nitrogen and oxygen atoms in total. The zero-order valence-electron chi connectivity index (χ0n) is 11.7. The van der Waals surface area contributed by atoms with Crippen molar-refractivity contribution in [3.8, 4) is 0 Å². The van der Waals surface area contributed by atoms with Crippen LogP contribution in [-0.2, 0) is 16.2 Å². The van der Waals surface area contributed by atoms with Crippen LogP contribution in [0.1, 0.15) is 11.3 Å². The highest BCUT2D eigenvalue weighted by Crippen LogP contribution is 2.37. The number of aliphatic hydroxyl groups is 1. The maximum atomic E-state index is 12.6. The number of nitrogens with zero attached hydrogens (tertiary/aromatic N) is 2. The van der Waals surface area contributed by atoms with Crippen LogP contribution in [0.25, 0.3) is 0 Å². The average molecular weight is 358 g/mol. The zero-order chi connectivity index (χ0) is 16.4. The molecule has 1 aromatic rings. The van der Waals surface area contributed by atoms with E-state index in [0.29, 0.717) is 26.1 Å². The van der Waals surface area contributed by atoms with E-state index in [1.807, 2.05) is 4.90 Å². The number of thiophene rings is 1.